The predicted molar refractivity (Wildman–Crippen MR) is 65.2 cm³/mol. The normalized spacial score (nSPS) is 10.2. The van der Waals surface area contributed by atoms with Gasteiger partial charge in [-0.3, -0.25) is 9.89 Å². The number of carbonyl (C=O) groups excluding carboxylic acids is 1. The van der Waals surface area contributed by atoms with Crippen LogP contribution in [0.5, 0.6) is 0 Å². The second-order valence-electron chi connectivity index (χ2n) is 4.02. The molecule has 0 saturated heterocycles. The zero-order valence-electron chi connectivity index (χ0n) is 9.76. The lowest BCUT2D eigenvalue weighted by Gasteiger charge is -2.16. The van der Waals surface area contributed by atoms with Crippen molar-refractivity contribution in [3.05, 3.63) is 53.9 Å². The lowest BCUT2D eigenvalue weighted by molar-refractivity contribution is -0.129. The van der Waals surface area contributed by atoms with E-state index in [0.717, 1.165) is 11.1 Å². The average Bonchev–Trinajstić information content (AvgIpc) is 2.83. The van der Waals surface area contributed by atoms with Gasteiger partial charge in [-0.05, 0) is 5.56 Å². The lowest BCUT2D eigenvalue weighted by Crippen LogP contribution is -2.27. The molecule has 17 heavy (non-hydrogen) atoms. The van der Waals surface area contributed by atoms with Crippen LogP contribution in [0.2, 0.25) is 0 Å². The van der Waals surface area contributed by atoms with E-state index in [-0.39, 0.29) is 5.91 Å². The molecule has 1 aromatic carbocycles. The first kappa shape index (κ1) is 11.4. The van der Waals surface area contributed by atoms with Gasteiger partial charge in [0.25, 0.3) is 0 Å². The van der Waals surface area contributed by atoms with Crippen LogP contribution >= 0.6 is 0 Å². The van der Waals surface area contributed by atoms with Crippen LogP contribution in [0.15, 0.2) is 42.7 Å². The van der Waals surface area contributed by atoms with E-state index in [9.17, 15) is 4.79 Å². The highest BCUT2D eigenvalue weighted by Gasteiger charge is 2.10. The molecule has 0 bridgehead atoms. The van der Waals surface area contributed by atoms with Gasteiger partial charge in [0.05, 0.1) is 12.6 Å². The fraction of sp³-hybridized carbons (Fsp3) is 0.231. The van der Waals surface area contributed by atoms with E-state index in [1.165, 1.54) is 0 Å². The van der Waals surface area contributed by atoms with Crippen molar-refractivity contribution in [3.8, 4) is 0 Å². The quantitative estimate of drug-likeness (QED) is 0.866. The molecule has 2 rings (SSSR count). The molecule has 0 atom stereocenters. The third kappa shape index (κ3) is 3.17. The summed E-state index contributed by atoms with van der Waals surface area (Å²) in [6, 6.07) is 9.76. The maximum Gasteiger partial charge on any atom is 0.227 e. The van der Waals surface area contributed by atoms with Crippen LogP contribution < -0.4 is 0 Å². The Morgan fingerprint density at radius 1 is 1.29 bits per heavy atom. The summed E-state index contributed by atoms with van der Waals surface area (Å²) in [5, 5.41) is 6.59. The first-order chi connectivity index (χ1) is 8.25. The van der Waals surface area contributed by atoms with Crippen LogP contribution in [-0.4, -0.2) is 28.1 Å². The van der Waals surface area contributed by atoms with Crippen LogP contribution in [0.4, 0.5) is 0 Å². The van der Waals surface area contributed by atoms with Crippen molar-refractivity contribution in [2.45, 2.75) is 13.0 Å². The first-order valence-corrected chi connectivity index (χ1v) is 5.51. The smallest absolute Gasteiger partial charge is 0.227 e. The minimum atomic E-state index is 0.109. The second-order valence-corrected chi connectivity index (χ2v) is 4.02. The summed E-state index contributed by atoms with van der Waals surface area (Å²) in [4.78, 5) is 13.6. The van der Waals surface area contributed by atoms with Crippen molar-refractivity contribution >= 4 is 5.91 Å². The SMILES string of the molecule is CN(Cc1cn[nH]c1)C(=O)Cc1ccccc1. The van der Waals surface area contributed by atoms with Crippen LogP contribution in [-0.2, 0) is 17.8 Å². The topological polar surface area (TPSA) is 49.0 Å². The molecule has 1 aromatic heterocycles. The minimum Gasteiger partial charge on any atom is -0.341 e. The third-order valence-electron chi connectivity index (χ3n) is 2.60. The van der Waals surface area contributed by atoms with Crippen LogP contribution in [0.25, 0.3) is 0 Å². The number of aromatic amines is 1. The Morgan fingerprint density at radius 3 is 2.71 bits per heavy atom. The molecule has 0 spiro atoms. The highest BCUT2D eigenvalue weighted by atomic mass is 16.2. The molecule has 88 valence electrons. The van der Waals surface area contributed by atoms with Crippen LogP contribution in [0.3, 0.4) is 0 Å². The number of hydrogen-bond donors (Lipinski definition) is 1. The molecule has 0 aliphatic heterocycles. The number of aromatic nitrogens is 2. The zero-order chi connectivity index (χ0) is 12.1. The minimum absolute atomic E-state index is 0.109. The van der Waals surface area contributed by atoms with E-state index in [1.807, 2.05) is 30.3 Å². The molecule has 1 N–H and O–H groups in total. The lowest BCUT2D eigenvalue weighted by atomic mass is 10.1. The van der Waals surface area contributed by atoms with Gasteiger partial charge < -0.3 is 4.90 Å². The van der Waals surface area contributed by atoms with Crippen molar-refractivity contribution in [1.82, 2.24) is 15.1 Å². The van der Waals surface area contributed by atoms with Gasteiger partial charge in [-0.2, -0.15) is 5.10 Å². The van der Waals surface area contributed by atoms with Gasteiger partial charge in [0.15, 0.2) is 0 Å². The van der Waals surface area contributed by atoms with E-state index < -0.39 is 0 Å². The second kappa shape index (κ2) is 5.30. The van der Waals surface area contributed by atoms with Crippen molar-refractivity contribution in [2.75, 3.05) is 7.05 Å². The van der Waals surface area contributed by atoms with Crippen molar-refractivity contribution < 1.29 is 4.79 Å². The molecule has 4 heteroatoms. The summed E-state index contributed by atoms with van der Waals surface area (Å²) in [5.74, 6) is 0.109. The summed E-state index contributed by atoms with van der Waals surface area (Å²) in [6.07, 6.45) is 3.97. The largest absolute Gasteiger partial charge is 0.341 e. The molecule has 2 aromatic rings. The molecular formula is C13H15N3O. The number of carbonyl (C=O) groups is 1. The Morgan fingerprint density at radius 2 is 2.06 bits per heavy atom. The number of benzene rings is 1. The number of H-pyrrole nitrogens is 1. The van der Waals surface area contributed by atoms with E-state index in [1.54, 1.807) is 24.3 Å². The Bertz CT molecular complexity index is 465. The van der Waals surface area contributed by atoms with Gasteiger partial charge in [-0.15, -0.1) is 0 Å². The number of likely N-dealkylation sites (N-methyl/N-ethyl adjacent to an activating group) is 1. The van der Waals surface area contributed by atoms with Crippen LogP contribution in [0.1, 0.15) is 11.1 Å². The number of nitrogens with one attached hydrogen (secondary N) is 1. The number of rotatable bonds is 4. The van der Waals surface area contributed by atoms with Crippen molar-refractivity contribution in [2.24, 2.45) is 0 Å². The van der Waals surface area contributed by atoms with Crippen molar-refractivity contribution in [3.63, 3.8) is 0 Å². The highest BCUT2D eigenvalue weighted by molar-refractivity contribution is 5.78. The molecule has 0 radical (unpaired) electrons. The fourth-order valence-electron chi connectivity index (χ4n) is 1.63. The molecule has 0 aliphatic rings. The summed E-state index contributed by atoms with van der Waals surface area (Å²) < 4.78 is 0. The van der Waals surface area contributed by atoms with E-state index >= 15 is 0 Å². The van der Waals surface area contributed by atoms with E-state index in [0.29, 0.717) is 13.0 Å². The standard InChI is InChI=1S/C13H15N3O/c1-16(10-12-8-14-15-9-12)13(17)7-11-5-3-2-4-6-11/h2-6,8-9H,7,10H2,1H3,(H,14,15). The maximum absolute atomic E-state index is 11.9. The molecule has 1 heterocycles. The maximum atomic E-state index is 11.9. The number of hydrogen-bond acceptors (Lipinski definition) is 2. The summed E-state index contributed by atoms with van der Waals surface area (Å²) in [6.45, 7) is 0.585. The molecule has 1 amide bonds. The summed E-state index contributed by atoms with van der Waals surface area (Å²) in [7, 11) is 1.80. The average molecular weight is 229 g/mol. The van der Waals surface area contributed by atoms with Gasteiger partial charge in [0.2, 0.25) is 5.91 Å². The number of nitrogens with zero attached hydrogens (tertiary/aromatic N) is 2. The van der Waals surface area contributed by atoms with Gasteiger partial charge in [-0.25, -0.2) is 0 Å². The molecule has 0 fully saturated rings. The van der Waals surface area contributed by atoms with Crippen molar-refractivity contribution in [1.29, 1.82) is 0 Å². The molecule has 0 unspecified atom stereocenters. The summed E-state index contributed by atoms with van der Waals surface area (Å²) in [5.41, 5.74) is 2.05. The van der Waals surface area contributed by atoms with Gasteiger partial charge in [0.1, 0.15) is 0 Å². The first-order valence-electron chi connectivity index (χ1n) is 5.51. The van der Waals surface area contributed by atoms with E-state index in [4.69, 9.17) is 0 Å². The zero-order valence-corrected chi connectivity index (χ0v) is 9.76. The van der Waals surface area contributed by atoms with Gasteiger partial charge >= 0.3 is 0 Å². The Balaban J connectivity index is 1.92. The fourth-order valence-corrected chi connectivity index (χ4v) is 1.63. The summed E-state index contributed by atoms with van der Waals surface area (Å²) >= 11 is 0. The molecule has 0 saturated carbocycles. The third-order valence-corrected chi connectivity index (χ3v) is 2.60. The highest BCUT2D eigenvalue weighted by Crippen LogP contribution is 2.05. The Labute approximate surface area is 100 Å². The van der Waals surface area contributed by atoms with Crippen LogP contribution in [0, 0.1) is 0 Å². The van der Waals surface area contributed by atoms with Gasteiger partial charge in [-0.1, -0.05) is 30.3 Å². The van der Waals surface area contributed by atoms with E-state index in [2.05, 4.69) is 10.2 Å². The Kier molecular flexibility index (Phi) is 3.55. The molecule has 0 aliphatic carbocycles. The monoisotopic (exact) mass is 229 g/mol. The Hall–Kier alpha value is -2.10. The molecule has 4 nitrogen and oxygen atoms in total. The predicted octanol–water partition coefficient (Wildman–Crippen LogP) is 1.61. The molecular weight excluding hydrogens is 214 g/mol. The van der Waals surface area contributed by atoms with Gasteiger partial charge in [0, 0.05) is 25.4 Å². The number of amides is 1.